The summed E-state index contributed by atoms with van der Waals surface area (Å²) >= 11 is 0. The second-order valence-electron chi connectivity index (χ2n) is 6.09. The molecule has 0 aliphatic carbocycles. The molecule has 1 aliphatic rings. The number of nitrogens with one attached hydrogen (secondary N) is 1. The van der Waals surface area contributed by atoms with E-state index in [4.69, 9.17) is 4.74 Å². The van der Waals surface area contributed by atoms with E-state index in [9.17, 15) is 4.39 Å². The zero-order chi connectivity index (χ0) is 14.6. The van der Waals surface area contributed by atoms with Crippen molar-refractivity contribution in [3.05, 3.63) is 29.6 Å². The first-order chi connectivity index (χ1) is 9.58. The molecule has 0 saturated heterocycles. The molecule has 2 unspecified atom stereocenters. The lowest BCUT2D eigenvalue weighted by Gasteiger charge is -2.40. The first-order valence-electron chi connectivity index (χ1n) is 7.74. The fourth-order valence-electron chi connectivity index (χ4n) is 3.07. The van der Waals surface area contributed by atoms with Gasteiger partial charge in [-0.25, -0.2) is 4.39 Å². The number of rotatable bonds is 6. The fourth-order valence-corrected chi connectivity index (χ4v) is 3.07. The Morgan fingerprint density at radius 2 is 2.15 bits per heavy atom. The SMILES string of the molecule is CCCCCCC1(C)CC(NC)c2cc(F)ccc2O1. The van der Waals surface area contributed by atoms with Crippen molar-refractivity contribution in [3.8, 4) is 5.75 Å². The largest absolute Gasteiger partial charge is 0.487 e. The van der Waals surface area contributed by atoms with Crippen molar-refractivity contribution in [2.75, 3.05) is 7.05 Å². The summed E-state index contributed by atoms with van der Waals surface area (Å²) in [6.07, 6.45) is 6.94. The molecule has 0 aromatic heterocycles. The van der Waals surface area contributed by atoms with Crippen LogP contribution in [0.15, 0.2) is 18.2 Å². The summed E-state index contributed by atoms with van der Waals surface area (Å²) in [4.78, 5) is 0. The molecule has 1 aliphatic heterocycles. The van der Waals surface area contributed by atoms with Crippen LogP contribution in [0.2, 0.25) is 0 Å². The lowest BCUT2D eigenvalue weighted by Crippen LogP contribution is -2.41. The van der Waals surface area contributed by atoms with Crippen molar-refractivity contribution in [2.45, 2.75) is 64.0 Å². The smallest absolute Gasteiger partial charge is 0.125 e. The summed E-state index contributed by atoms with van der Waals surface area (Å²) in [5.41, 5.74) is 0.797. The highest BCUT2D eigenvalue weighted by Crippen LogP contribution is 2.41. The average Bonchev–Trinajstić information content (AvgIpc) is 2.43. The summed E-state index contributed by atoms with van der Waals surface area (Å²) < 4.78 is 19.6. The molecule has 0 spiro atoms. The minimum atomic E-state index is -0.195. The van der Waals surface area contributed by atoms with Gasteiger partial charge in [-0.2, -0.15) is 0 Å². The second kappa shape index (κ2) is 6.57. The van der Waals surface area contributed by atoms with Gasteiger partial charge in [0, 0.05) is 18.0 Å². The average molecular weight is 279 g/mol. The van der Waals surface area contributed by atoms with Crippen LogP contribution in [0.4, 0.5) is 4.39 Å². The van der Waals surface area contributed by atoms with Crippen LogP contribution < -0.4 is 10.1 Å². The zero-order valence-electron chi connectivity index (χ0n) is 12.8. The highest BCUT2D eigenvalue weighted by Gasteiger charge is 2.36. The van der Waals surface area contributed by atoms with Crippen molar-refractivity contribution in [3.63, 3.8) is 0 Å². The topological polar surface area (TPSA) is 21.3 Å². The standard InChI is InChI=1S/C17H26FNO/c1-4-5-6-7-10-17(2)12-15(19-3)14-11-13(18)8-9-16(14)20-17/h8-9,11,15,19H,4-7,10,12H2,1-3H3. The maximum atomic E-state index is 13.4. The third-order valence-corrected chi connectivity index (χ3v) is 4.25. The number of hydrogen-bond acceptors (Lipinski definition) is 2. The first kappa shape index (κ1) is 15.3. The van der Waals surface area contributed by atoms with Gasteiger partial charge < -0.3 is 10.1 Å². The van der Waals surface area contributed by atoms with Crippen LogP contribution in [-0.4, -0.2) is 12.6 Å². The minimum absolute atomic E-state index is 0.147. The Morgan fingerprint density at radius 1 is 1.35 bits per heavy atom. The highest BCUT2D eigenvalue weighted by molar-refractivity contribution is 5.39. The van der Waals surface area contributed by atoms with Gasteiger partial charge in [0.2, 0.25) is 0 Å². The van der Waals surface area contributed by atoms with Gasteiger partial charge in [0.05, 0.1) is 0 Å². The molecular weight excluding hydrogens is 253 g/mol. The maximum absolute atomic E-state index is 13.4. The van der Waals surface area contributed by atoms with E-state index in [1.54, 1.807) is 12.1 Å². The number of fused-ring (bicyclic) bond motifs is 1. The predicted molar refractivity (Wildman–Crippen MR) is 80.6 cm³/mol. The van der Waals surface area contributed by atoms with Gasteiger partial charge in [0.1, 0.15) is 17.2 Å². The predicted octanol–water partition coefficient (Wildman–Crippen LogP) is 4.60. The summed E-state index contributed by atoms with van der Waals surface area (Å²) in [6.45, 7) is 4.40. The Hall–Kier alpha value is -1.09. The van der Waals surface area contributed by atoms with Gasteiger partial charge in [-0.05, 0) is 45.0 Å². The summed E-state index contributed by atoms with van der Waals surface area (Å²) in [7, 11) is 1.93. The van der Waals surface area contributed by atoms with Gasteiger partial charge in [-0.1, -0.05) is 26.2 Å². The third-order valence-electron chi connectivity index (χ3n) is 4.25. The van der Waals surface area contributed by atoms with Crippen LogP contribution in [0.3, 0.4) is 0 Å². The van der Waals surface area contributed by atoms with Gasteiger partial charge in [0.15, 0.2) is 0 Å². The molecule has 112 valence electrons. The molecule has 1 aromatic rings. The summed E-state index contributed by atoms with van der Waals surface area (Å²) in [6, 6.07) is 5.01. The highest BCUT2D eigenvalue weighted by atomic mass is 19.1. The van der Waals surface area contributed by atoms with Crippen molar-refractivity contribution >= 4 is 0 Å². The molecular formula is C17H26FNO. The number of halogens is 1. The van der Waals surface area contributed by atoms with Crippen LogP contribution in [0, 0.1) is 5.82 Å². The third kappa shape index (κ3) is 3.51. The Morgan fingerprint density at radius 3 is 2.85 bits per heavy atom. The Bertz CT molecular complexity index is 449. The van der Waals surface area contributed by atoms with E-state index in [1.807, 2.05) is 7.05 Å². The molecule has 0 saturated carbocycles. The Labute approximate surface area is 121 Å². The van der Waals surface area contributed by atoms with Crippen LogP contribution in [-0.2, 0) is 0 Å². The lowest BCUT2D eigenvalue weighted by molar-refractivity contribution is 0.0382. The van der Waals surface area contributed by atoms with E-state index in [0.29, 0.717) is 0 Å². The molecule has 1 heterocycles. The van der Waals surface area contributed by atoms with Crippen LogP contribution >= 0.6 is 0 Å². The molecule has 1 aromatic carbocycles. The zero-order valence-corrected chi connectivity index (χ0v) is 12.8. The molecule has 0 amide bonds. The van der Waals surface area contributed by atoms with E-state index in [1.165, 1.54) is 31.7 Å². The molecule has 1 N–H and O–H groups in total. The monoisotopic (exact) mass is 279 g/mol. The summed E-state index contributed by atoms with van der Waals surface area (Å²) in [5, 5.41) is 3.30. The van der Waals surface area contributed by atoms with Gasteiger partial charge in [-0.3, -0.25) is 0 Å². The molecule has 2 atom stereocenters. The van der Waals surface area contributed by atoms with E-state index in [-0.39, 0.29) is 17.5 Å². The Balaban J connectivity index is 2.10. The van der Waals surface area contributed by atoms with Crippen LogP contribution in [0.25, 0.3) is 0 Å². The molecule has 2 rings (SSSR count). The van der Waals surface area contributed by atoms with Gasteiger partial charge in [-0.15, -0.1) is 0 Å². The molecule has 3 heteroatoms. The number of hydrogen-bond donors (Lipinski definition) is 1. The normalized spacial score (nSPS) is 25.1. The second-order valence-corrected chi connectivity index (χ2v) is 6.09. The molecule has 0 fully saturated rings. The van der Waals surface area contributed by atoms with Gasteiger partial charge in [0.25, 0.3) is 0 Å². The summed E-state index contributed by atoms with van der Waals surface area (Å²) in [5.74, 6) is 0.633. The first-order valence-corrected chi connectivity index (χ1v) is 7.74. The number of benzene rings is 1. The van der Waals surface area contributed by atoms with Crippen molar-refractivity contribution in [1.82, 2.24) is 5.32 Å². The Kier molecular flexibility index (Phi) is 5.03. The molecule has 0 radical (unpaired) electrons. The van der Waals surface area contributed by atoms with Crippen LogP contribution in [0.5, 0.6) is 5.75 Å². The van der Waals surface area contributed by atoms with Crippen LogP contribution in [0.1, 0.15) is 64.0 Å². The minimum Gasteiger partial charge on any atom is -0.487 e. The molecule has 0 bridgehead atoms. The molecule has 2 nitrogen and oxygen atoms in total. The van der Waals surface area contributed by atoms with E-state index in [2.05, 4.69) is 19.2 Å². The van der Waals surface area contributed by atoms with E-state index < -0.39 is 0 Å². The number of unbranched alkanes of at least 4 members (excludes halogenated alkanes) is 3. The van der Waals surface area contributed by atoms with Gasteiger partial charge >= 0.3 is 0 Å². The van der Waals surface area contributed by atoms with E-state index in [0.717, 1.165) is 24.2 Å². The number of ether oxygens (including phenoxy) is 1. The quantitative estimate of drug-likeness (QED) is 0.768. The lowest BCUT2D eigenvalue weighted by atomic mass is 9.85. The van der Waals surface area contributed by atoms with Crippen molar-refractivity contribution in [1.29, 1.82) is 0 Å². The fraction of sp³-hybridized carbons (Fsp3) is 0.647. The molecule has 20 heavy (non-hydrogen) atoms. The van der Waals surface area contributed by atoms with Crippen molar-refractivity contribution < 1.29 is 9.13 Å². The van der Waals surface area contributed by atoms with E-state index >= 15 is 0 Å². The maximum Gasteiger partial charge on any atom is 0.125 e. The van der Waals surface area contributed by atoms with Crippen molar-refractivity contribution in [2.24, 2.45) is 0 Å².